The minimum atomic E-state index is -0.425. The van der Waals surface area contributed by atoms with Gasteiger partial charge in [-0.25, -0.2) is 4.79 Å². The number of rotatable bonds is 4. The Hall–Kier alpha value is -2.87. The van der Waals surface area contributed by atoms with Crippen molar-refractivity contribution in [1.29, 1.82) is 0 Å². The Kier molecular flexibility index (Phi) is 5.75. The van der Waals surface area contributed by atoms with Crippen LogP contribution in [0.25, 0.3) is 0 Å². The number of nitrogens with one attached hydrogen (secondary N) is 2. The number of benzene rings is 1. The maximum Gasteiger partial charge on any atom is 0.321 e. The highest BCUT2D eigenvalue weighted by Gasteiger charge is 2.29. The van der Waals surface area contributed by atoms with E-state index in [2.05, 4.69) is 15.7 Å². The average molecular weight is 370 g/mol. The molecule has 1 unspecified atom stereocenters. The predicted molar refractivity (Wildman–Crippen MR) is 103 cm³/mol. The van der Waals surface area contributed by atoms with Gasteiger partial charge in [0.2, 0.25) is 5.91 Å². The van der Waals surface area contributed by atoms with Gasteiger partial charge in [0.15, 0.2) is 0 Å². The second kappa shape index (κ2) is 8.22. The molecule has 1 fully saturated rings. The normalized spacial score (nSPS) is 15.5. The van der Waals surface area contributed by atoms with Crippen LogP contribution in [-0.2, 0) is 11.8 Å². The van der Waals surface area contributed by atoms with Crippen molar-refractivity contribution in [2.75, 3.05) is 38.5 Å². The van der Waals surface area contributed by atoms with Crippen molar-refractivity contribution in [3.05, 3.63) is 47.8 Å². The molecule has 0 aliphatic carbocycles. The molecule has 3 amide bonds. The first kappa shape index (κ1) is 18.9. The molecule has 0 radical (unpaired) electrons. The van der Waals surface area contributed by atoms with Gasteiger partial charge in [-0.05, 0) is 31.7 Å². The lowest BCUT2D eigenvalue weighted by Gasteiger charge is -2.36. The monoisotopic (exact) mass is 370 g/mol. The molecule has 0 spiro atoms. The standard InChI is InChI=1S/C19H26N6O2/c1-14-5-4-6-16(11-14)22-19(27)25-9-7-24(8-10-25)18(26)17(20-2)15-12-21-23(3)13-15/h4-6,11-13,17,20H,7-10H2,1-3H3,(H,22,27). The summed E-state index contributed by atoms with van der Waals surface area (Å²) in [6.45, 7) is 4.03. The Morgan fingerprint density at radius 3 is 2.44 bits per heavy atom. The highest BCUT2D eigenvalue weighted by atomic mass is 16.2. The summed E-state index contributed by atoms with van der Waals surface area (Å²) >= 11 is 0. The third kappa shape index (κ3) is 4.46. The molecule has 1 aliphatic heterocycles. The van der Waals surface area contributed by atoms with Gasteiger partial charge in [-0.15, -0.1) is 0 Å². The van der Waals surface area contributed by atoms with Crippen molar-refractivity contribution in [3.8, 4) is 0 Å². The van der Waals surface area contributed by atoms with Gasteiger partial charge in [0.25, 0.3) is 0 Å². The highest BCUT2D eigenvalue weighted by Crippen LogP contribution is 2.17. The number of hydrogen-bond acceptors (Lipinski definition) is 4. The zero-order valence-corrected chi connectivity index (χ0v) is 16.0. The van der Waals surface area contributed by atoms with Crippen molar-refractivity contribution in [2.45, 2.75) is 13.0 Å². The summed E-state index contributed by atoms with van der Waals surface area (Å²) in [7, 11) is 3.59. The van der Waals surface area contributed by atoms with E-state index in [9.17, 15) is 9.59 Å². The van der Waals surface area contributed by atoms with E-state index in [-0.39, 0.29) is 11.9 Å². The van der Waals surface area contributed by atoms with E-state index in [4.69, 9.17) is 0 Å². The fourth-order valence-electron chi connectivity index (χ4n) is 3.26. The molecule has 3 rings (SSSR count). The fourth-order valence-corrected chi connectivity index (χ4v) is 3.26. The number of urea groups is 1. The first-order valence-electron chi connectivity index (χ1n) is 9.05. The van der Waals surface area contributed by atoms with Crippen LogP contribution in [0.5, 0.6) is 0 Å². The molecule has 1 saturated heterocycles. The molecule has 2 aromatic rings. The lowest BCUT2D eigenvalue weighted by molar-refractivity contribution is -0.134. The maximum absolute atomic E-state index is 12.9. The molecular weight excluding hydrogens is 344 g/mol. The SMILES string of the molecule is CNC(C(=O)N1CCN(C(=O)Nc2cccc(C)c2)CC1)c1cnn(C)c1. The van der Waals surface area contributed by atoms with Gasteiger partial charge in [-0.3, -0.25) is 9.48 Å². The van der Waals surface area contributed by atoms with Gasteiger partial charge in [0.05, 0.1) is 6.20 Å². The maximum atomic E-state index is 12.9. The minimum absolute atomic E-state index is 0.00393. The van der Waals surface area contributed by atoms with Crippen LogP contribution in [0.2, 0.25) is 0 Å². The van der Waals surface area contributed by atoms with E-state index in [1.165, 1.54) is 0 Å². The molecule has 1 aromatic heterocycles. The molecule has 1 atom stereocenters. The number of amides is 3. The molecule has 144 valence electrons. The third-order valence-electron chi connectivity index (χ3n) is 4.74. The molecule has 27 heavy (non-hydrogen) atoms. The van der Waals surface area contributed by atoms with E-state index < -0.39 is 6.04 Å². The Morgan fingerprint density at radius 2 is 1.85 bits per heavy atom. The molecule has 2 heterocycles. The molecule has 1 aliphatic rings. The summed E-state index contributed by atoms with van der Waals surface area (Å²) in [4.78, 5) is 28.8. The summed E-state index contributed by atoms with van der Waals surface area (Å²) in [5.74, 6) is 0.00393. The van der Waals surface area contributed by atoms with Crippen molar-refractivity contribution in [3.63, 3.8) is 0 Å². The van der Waals surface area contributed by atoms with Crippen molar-refractivity contribution in [2.24, 2.45) is 7.05 Å². The topological polar surface area (TPSA) is 82.5 Å². The quantitative estimate of drug-likeness (QED) is 0.852. The number of aryl methyl sites for hydroxylation is 2. The Morgan fingerprint density at radius 1 is 1.15 bits per heavy atom. The zero-order chi connectivity index (χ0) is 19.4. The summed E-state index contributed by atoms with van der Waals surface area (Å²) in [6, 6.07) is 7.15. The Bertz CT molecular complexity index is 810. The fraction of sp³-hybridized carbons (Fsp3) is 0.421. The number of piperazine rings is 1. The van der Waals surface area contributed by atoms with Gasteiger partial charge < -0.3 is 20.4 Å². The van der Waals surface area contributed by atoms with Crippen LogP contribution < -0.4 is 10.6 Å². The van der Waals surface area contributed by atoms with Crippen LogP contribution in [-0.4, -0.2) is 64.7 Å². The van der Waals surface area contributed by atoms with E-state index in [0.29, 0.717) is 26.2 Å². The number of carbonyl (C=O) groups is 2. The molecule has 2 N–H and O–H groups in total. The van der Waals surface area contributed by atoms with Crippen LogP contribution >= 0.6 is 0 Å². The van der Waals surface area contributed by atoms with Crippen LogP contribution in [0.1, 0.15) is 17.2 Å². The van der Waals surface area contributed by atoms with Crippen molar-refractivity contribution in [1.82, 2.24) is 24.9 Å². The molecular formula is C19H26N6O2. The lowest BCUT2D eigenvalue weighted by Crippen LogP contribution is -2.53. The van der Waals surface area contributed by atoms with Gasteiger partial charge in [-0.1, -0.05) is 12.1 Å². The second-order valence-electron chi connectivity index (χ2n) is 6.78. The van der Waals surface area contributed by atoms with Crippen LogP contribution in [0.3, 0.4) is 0 Å². The Labute approximate surface area is 159 Å². The molecule has 1 aromatic carbocycles. The van der Waals surface area contributed by atoms with Gasteiger partial charge in [-0.2, -0.15) is 5.10 Å². The van der Waals surface area contributed by atoms with Crippen LogP contribution in [0.15, 0.2) is 36.7 Å². The number of carbonyl (C=O) groups excluding carboxylic acids is 2. The third-order valence-corrected chi connectivity index (χ3v) is 4.74. The molecule has 8 heteroatoms. The van der Waals surface area contributed by atoms with E-state index in [1.54, 1.807) is 27.7 Å². The van der Waals surface area contributed by atoms with E-state index >= 15 is 0 Å². The molecule has 0 bridgehead atoms. The lowest BCUT2D eigenvalue weighted by atomic mass is 10.1. The number of hydrogen-bond donors (Lipinski definition) is 2. The number of anilines is 1. The largest absolute Gasteiger partial charge is 0.337 e. The van der Waals surface area contributed by atoms with Crippen LogP contribution in [0, 0.1) is 6.92 Å². The average Bonchev–Trinajstić information content (AvgIpc) is 3.08. The Balaban J connectivity index is 1.56. The summed E-state index contributed by atoms with van der Waals surface area (Å²) < 4.78 is 1.68. The minimum Gasteiger partial charge on any atom is -0.337 e. The highest BCUT2D eigenvalue weighted by molar-refractivity contribution is 5.90. The van der Waals surface area contributed by atoms with Gasteiger partial charge in [0.1, 0.15) is 6.04 Å². The zero-order valence-electron chi connectivity index (χ0n) is 16.0. The number of likely N-dealkylation sites (N-methyl/N-ethyl adjacent to an activating group) is 1. The number of nitrogens with zero attached hydrogens (tertiary/aromatic N) is 4. The van der Waals surface area contributed by atoms with E-state index in [0.717, 1.165) is 16.8 Å². The van der Waals surface area contributed by atoms with Crippen LogP contribution in [0.4, 0.5) is 10.5 Å². The number of aromatic nitrogens is 2. The smallest absolute Gasteiger partial charge is 0.321 e. The van der Waals surface area contributed by atoms with Gasteiger partial charge >= 0.3 is 6.03 Å². The predicted octanol–water partition coefficient (Wildman–Crippen LogP) is 1.37. The summed E-state index contributed by atoms with van der Waals surface area (Å²) in [5, 5.41) is 10.1. The van der Waals surface area contributed by atoms with Crippen molar-refractivity contribution < 1.29 is 9.59 Å². The van der Waals surface area contributed by atoms with E-state index in [1.807, 2.05) is 44.4 Å². The molecule has 0 saturated carbocycles. The first-order valence-corrected chi connectivity index (χ1v) is 9.05. The van der Waals surface area contributed by atoms with Gasteiger partial charge in [0, 0.05) is 50.7 Å². The summed E-state index contributed by atoms with van der Waals surface area (Å²) in [6.07, 6.45) is 3.54. The molecule has 8 nitrogen and oxygen atoms in total. The second-order valence-corrected chi connectivity index (χ2v) is 6.78. The van der Waals surface area contributed by atoms with Crippen molar-refractivity contribution >= 4 is 17.6 Å². The first-order chi connectivity index (χ1) is 13.0. The summed E-state index contributed by atoms with van der Waals surface area (Å²) in [5.41, 5.74) is 2.71.